The van der Waals surface area contributed by atoms with Gasteiger partial charge in [0.1, 0.15) is 11.9 Å². The zero-order valence-electron chi connectivity index (χ0n) is 12.4. The van der Waals surface area contributed by atoms with Crippen molar-refractivity contribution in [3.8, 4) is 5.75 Å². The quantitative estimate of drug-likeness (QED) is 0.862. The second kappa shape index (κ2) is 4.70. The number of rotatable bonds is 1. The Balaban J connectivity index is 1.69. The van der Waals surface area contributed by atoms with Crippen LogP contribution >= 0.6 is 0 Å². The van der Waals surface area contributed by atoms with Gasteiger partial charge in [0.25, 0.3) is 0 Å². The van der Waals surface area contributed by atoms with Crippen molar-refractivity contribution >= 4 is 0 Å². The predicted molar refractivity (Wildman–Crippen MR) is 77.5 cm³/mol. The number of aryl methyl sites for hydroxylation is 1. The number of para-hydroxylation sites is 1. The van der Waals surface area contributed by atoms with Gasteiger partial charge in [-0.3, -0.25) is 0 Å². The van der Waals surface area contributed by atoms with Gasteiger partial charge in [-0.1, -0.05) is 18.2 Å². The Morgan fingerprint density at radius 3 is 2.52 bits per heavy atom. The number of fused-ring (bicyclic) bond motifs is 2. The molecule has 0 radical (unpaired) electrons. The number of benzene rings is 1. The van der Waals surface area contributed by atoms with Crippen LogP contribution in [-0.2, 0) is 14.9 Å². The summed E-state index contributed by atoms with van der Waals surface area (Å²) in [5.74, 6) is 0.596. The number of hydrogen-bond acceptors (Lipinski definition) is 4. The second-order valence-corrected chi connectivity index (χ2v) is 6.50. The van der Waals surface area contributed by atoms with Crippen molar-refractivity contribution in [3.05, 3.63) is 29.3 Å². The van der Waals surface area contributed by atoms with Crippen LogP contribution in [0, 0.1) is 6.92 Å². The zero-order valence-corrected chi connectivity index (χ0v) is 12.4. The SMILES string of the molecule is Cc1cccc2c1O[C@@H](CO)C21CCC2(CC1)OCCO2. The van der Waals surface area contributed by atoms with Crippen molar-refractivity contribution in [3.63, 3.8) is 0 Å². The van der Waals surface area contributed by atoms with Crippen molar-refractivity contribution < 1.29 is 19.3 Å². The Hall–Kier alpha value is -1.10. The van der Waals surface area contributed by atoms with Gasteiger partial charge in [0, 0.05) is 23.8 Å². The van der Waals surface area contributed by atoms with Crippen molar-refractivity contribution in [1.82, 2.24) is 0 Å². The lowest BCUT2D eigenvalue weighted by Gasteiger charge is -2.43. The summed E-state index contributed by atoms with van der Waals surface area (Å²) >= 11 is 0. The molecule has 1 aromatic rings. The van der Waals surface area contributed by atoms with E-state index in [4.69, 9.17) is 14.2 Å². The normalized spacial score (nSPS) is 28.8. The summed E-state index contributed by atoms with van der Waals surface area (Å²) in [5, 5.41) is 9.82. The van der Waals surface area contributed by atoms with Crippen LogP contribution < -0.4 is 4.74 Å². The molecule has 21 heavy (non-hydrogen) atoms. The molecule has 3 aliphatic rings. The summed E-state index contributed by atoms with van der Waals surface area (Å²) in [6, 6.07) is 6.32. The highest BCUT2D eigenvalue weighted by atomic mass is 16.7. The van der Waals surface area contributed by atoms with Gasteiger partial charge in [0.2, 0.25) is 0 Å². The maximum atomic E-state index is 9.82. The third-order valence-corrected chi connectivity index (χ3v) is 5.51. The van der Waals surface area contributed by atoms with E-state index in [1.807, 2.05) is 0 Å². The lowest BCUT2D eigenvalue weighted by molar-refractivity contribution is -0.189. The molecule has 1 N–H and O–H groups in total. The first-order chi connectivity index (χ1) is 10.2. The van der Waals surface area contributed by atoms with Gasteiger partial charge >= 0.3 is 0 Å². The van der Waals surface area contributed by atoms with Crippen LogP contribution in [0.5, 0.6) is 5.75 Å². The van der Waals surface area contributed by atoms with Gasteiger partial charge in [-0.2, -0.15) is 0 Å². The Morgan fingerprint density at radius 2 is 1.86 bits per heavy atom. The maximum absolute atomic E-state index is 9.82. The molecule has 0 amide bonds. The summed E-state index contributed by atoms with van der Waals surface area (Å²) in [7, 11) is 0. The van der Waals surface area contributed by atoms with E-state index in [-0.39, 0.29) is 23.9 Å². The van der Waals surface area contributed by atoms with E-state index in [1.54, 1.807) is 0 Å². The molecular weight excluding hydrogens is 268 g/mol. The molecule has 2 aliphatic heterocycles. The molecule has 1 aliphatic carbocycles. The highest BCUT2D eigenvalue weighted by molar-refractivity contribution is 5.50. The number of aliphatic hydroxyl groups excluding tert-OH is 1. The molecule has 2 fully saturated rings. The van der Waals surface area contributed by atoms with Crippen molar-refractivity contribution in [2.45, 2.75) is 49.9 Å². The molecule has 1 saturated carbocycles. The summed E-state index contributed by atoms with van der Waals surface area (Å²) in [6.45, 7) is 3.52. The Morgan fingerprint density at radius 1 is 1.14 bits per heavy atom. The minimum absolute atomic E-state index is 0.0584. The molecule has 4 rings (SSSR count). The first-order valence-corrected chi connectivity index (χ1v) is 7.85. The fraction of sp³-hybridized carbons (Fsp3) is 0.647. The van der Waals surface area contributed by atoms with Crippen molar-refractivity contribution in [1.29, 1.82) is 0 Å². The molecule has 2 heterocycles. The Kier molecular flexibility index (Phi) is 3.03. The molecule has 0 aromatic heterocycles. The highest BCUT2D eigenvalue weighted by Crippen LogP contribution is 2.55. The van der Waals surface area contributed by atoms with Gasteiger partial charge in [0.15, 0.2) is 5.79 Å². The lowest BCUT2D eigenvalue weighted by Crippen LogP contribution is -2.48. The van der Waals surface area contributed by atoms with Crippen molar-refractivity contribution in [2.24, 2.45) is 0 Å². The van der Waals surface area contributed by atoms with E-state index >= 15 is 0 Å². The summed E-state index contributed by atoms with van der Waals surface area (Å²) in [6.07, 6.45) is 3.48. The topological polar surface area (TPSA) is 47.9 Å². The van der Waals surface area contributed by atoms with Crippen LogP contribution in [0.2, 0.25) is 0 Å². The second-order valence-electron chi connectivity index (χ2n) is 6.50. The highest BCUT2D eigenvalue weighted by Gasteiger charge is 2.55. The van der Waals surface area contributed by atoms with Gasteiger partial charge in [-0.15, -0.1) is 0 Å². The number of hydrogen-bond donors (Lipinski definition) is 1. The third kappa shape index (κ3) is 1.86. The summed E-state index contributed by atoms with van der Waals surface area (Å²) in [5.41, 5.74) is 2.32. The fourth-order valence-electron chi connectivity index (χ4n) is 4.30. The minimum atomic E-state index is -0.377. The molecule has 0 bridgehead atoms. The number of aliphatic hydroxyl groups is 1. The van der Waals surface area contributed by atoms with Crippen LogP contribution in [0.25, 0.3) is 0 Å². The van der Waals surface area contributed by atoms with E-state index < -0.39 is 0 Å². The molecule has 1 atom stereocenters. The van der Waals surface area contributed by atoms with E-state index in [0.717, 1.165) is 37.0 Å². The molecule has 4 nitrogen and oxygen atoms in total. The Labute approximate surface area is 125 Å². The first-order valence-electron chi connectivity index (χ1n) is 7.85. The van der Waals surface area contributed by atoms with Gasteiger partial charge in [-0.05, 0) is 25.3 Å². The molecule has 114 valence electrons. The molecule has 4 heteroatoms. The number of ether oxygens (including phenoxy) is 3. The van der Waals surface area contributed by atoms with E-state index in [1.165, 1.54) is 5.56 Å². The van der Waals surface area contributed by atoms with E-state index in [0.29, 0.717) is 13.2 Å². The Bertz CT molecular complexity index is 538. The average Bonchev–Trinajstić information content (AvgIpc) is 3.07. The minimum Gasteiger partial charge on any atom is -0.487 e. The monoisotopic (exact) mass is 290 g/mol. The van der Waals surface area contributed by atoms with E-state index in [2.05, 4.69) is 25.1 Å². The first kappa shape index (κ1) is 13.6. The predicted octanol–water partition coefficient (Wildman–Crippen LogP) is 2.30. The van der Waals surface area contributed by atoms with Crippen LogP contribution in [0.3, 0.4) is 0 Å². The van der Waals surface area contributed by atoms with Gasteiger partial charge in [-0.25, -0.2) is 0 Å². The van der Waals surface area contributed by atoms with Crippen LogP contribution in [-0.4, -0.2) is 36.8 Å². The van der Waals surface area contributed by atoms with Crippen LogP contribution in [0.15, 0.2) is 18.2 Å². The van der Waals surface area contributed by atoms with E-state index in [9.17, 15) is 5.11 Å². The smallest absolute Gasteiger partial charge is 0.168 e. The molecular formula is C17H22O4. The zero-order chi connectivity index (χ0) is 14.5. The standard InChI is InChI=1S/C17H22O4/c1-12-3-2-4-13-15(12)21-14(11-18)16(13)5-7-17(8-6-16)19-9-10-20-17/h2-4,14,18H,5-11H2,1H3/t14-/m0/s1. The van der Waals surface area contributed by atoms with Crippen molar-refractivity contribution in [2.75, 3.05) is 19.8 Å². The van der Waals surface area contributed by atoms with Crippen LogP contribution in [0.1, 0.15) is 36.8 Å². The van der Waals surface area contributed by atoms with Gasteiger partial charge in [0.05, 0.1) is 19.8 Å². The van der Waals surface area contributed by atoms with Crippen LogP contribution in [0.4, 0.5) is 0 Å². The third-order valence-electron chi connectivity index (χ3n) is 5.51. The largest absolute Gasteiger partial charge is 0.487 e. The molecule has 2 spiro atoms. The molecule has 1 saturated heterocycles. The molecule has 0 unspecified atom stereocenters. The fourth-order valence-corrected chi connectivity index (χ4v) is 4.30. The maximum Gasteiger partial charge on any atom is 0.168 e. The molecule has 1 aromatic carbocycles. The summed E-state index contributed by atoms with van der Waals surface area (Å²) < 4.78 is 17.8. The van der Waals surface area contributed by atoms with Gasteiger partial charge < -0.3 is 19.3 Å². The average molecular weight is 290 g/mol. The lowest BCUT2D eigenvalue weighted by atomic mass is 9.65. The summed E-state index contributed by atoms with van der Waals surface area (Å²) in [4.78, 5) is 0.